The highest BCUT2D eigenvalue weighted by Crippen LogP contribution is 2.32. The normalized spacial score (nSPS) is 16.2. The number of piperidine rings is 1. The van der Waals surface area contributed by atoms with Crippen LogP contribution in [0.25, 0.3) is 10.9 Å². The molecule has 1 aliphatic rings. The lowest BCUT2D eigenvalue weighted by molar-refractivity contribution is 0.397. The summed E-state index contributed by atoms with van der Waals surface area (Å²) in [6.45, 7) is 2.26. The molecule has 0 radical (unpaired) electrons. The first-order valence-electron chi connectivity index (χ1n) is 7.85. The maximum absolute atomic E-state index is 5.34. The maximum atomic E-state index is 5.34. The van der Waals surface area contributed by atoms with Gasteiger partial charge in [-0.3, -0.25) is 4.98 Å². The summed E-state index contributed by atoms with van der Waals surface area (Å²) in [5, 5.41) is 1.14. The van der Waals surface area contributed by atoms with Gasteiger partial charge >= 0.3 is 0 Å². The Morgan fingerprint density at radius 3 is 2.73 bits per heavy atom. The van der Waals surface area contributed by atoms with Crippen LogP contribution in [0, 0.1) is 5.92 Å². The van der Waals surface area contributed by atoms with Crippen molar-refractivity contribution in [1.29, 1.82) is 0 Å². The zero-order valence-electron chi connectivity index (χ0n) is 13.3. The molecule has 0 aliphatic carbocycles. The molecule has 0 N–H and O–H groups in total. The van der Waals surface area contributed by atoms with E-state index in [-0.39, 0.29) is 0 Å². The molecule has 3 rings (SSSR count). The van der Waals surface area contributed by atoms with Gasteiger partial charge in [-0.15, -0.1) is 0 Å². The van der Waals surface area contributed by atoms with Crippen molar-refractivity contribution in [3.8, 4) is 5.88 Å². The van der Waals surface area contributed by atoms with Crippen molar-refractivity contribution < 1.29 is 4.74 Å². The lowest BCUT2D eigenvalue weighted by Gasteiger charge is -2.34. The van der Waals surface area contributed by atoms with E-state index in [0.717, 1.165) is 29.9 Å². The molecule has 1 saturated heterocycles. The number of fused-ring (bicyclic) bond motifs is 1. The van der Waals surface area contributed by atoms with Gasteiger partial charge in [-0.25, -0.2) is 4.98 Å². The van der Waals surface area contributed by atoms with E-state index in [9.17, 15) is 0 Å². The summed E-state index contributed by atoms with van der Waals surface area (Å²) in [6, 6.07) is 4.16. The maximum Gasteiger partial charge on any atom is 0.240 e. The molecule has 1 fully saturated rings. The van der Waals surface area contributed by atoms with E-state index in [1.54, 1.807) is 13.3 Å². The predicted molar refractivity (Wildman–Crippen MR) is 94.0 cm³/mol. The number of anilines is 1. The Bertz CT molecular complexity index is 626. The number of methoxy groups -OCH3 is 1. The predicted octanol–water partition coefficient (Wildman–Crippen LogP) is 3.61. The first-order chi connectivity index (χ1) is 10.8. The third-order valence-electron chi connectivity index (χ3n) is 4.48. The van der Waals surface area contributed by atoms with Crippen molar-refractivity contribution in [3.63, 3.8) is 0 Å². The number of pyridine rings is 2. The van der Waals surface area contributed by atoms with Crippen molar-refractivity contribution in [1.82, 2.24) is 9.97 Å². The van der Waals surface area contributed by atoms with Gasteiger partial charge in [0.05, 0.1) is 7.11 Å². The molecule has 2 aromatic rings. The number of thioether (sulfide) groups is 1. The van der Waals surface area contributed by atoms with Crippen LogP contribution in [0.3, 0.4) is 0 Å². The minimum Gasteiger partial charge on any atom is -0.479 e. The van der Waals surface area contributed by atoms with E-state index >= 15 is 0 Å². The van der Waals surface area contributed by atoms with Gasteiger partial charge in [0.2, 0.25) is 5.88 Å². The fraction of sp³-hybridized carbons (Fsp3) is 0.529. The van der Waals surface area contributed by atoms with Crippen molar-refractivity contribution in [2.75, 3.05) is 37.1 Å². The van der Waals surface area contributed by atoms with Gasteiger partial charge in [-0.2, -0.15) is 11.8 Å². The van der Waals surface area contributed by atoms with Gasteiger partial charge in [-0.05, 0) is 49.3 Å². The molecule has 22 heavy (non-hydrogen) atoms. The smallest absolute Gasteiger partial charge is 0.240 e. The van der Waals surface area contributed by atoms with Crippen LogP contribution < -0.4 is 9.64 Å². The molecule has 2 aromatic heterocycles. The van der Waals surface area contributed by atoms with Crippen LogP contribution >= 0.6 is 11.8 Å². The van der Waals surface area contributed by atoms with Crippen LogP contribution in [0.15, 0.2) is 24.5 Å². The summed E-state index contributed by atoms with van der Waals surface area (Å²) in [4.78, 5) is 11.2. The van der Waals surface area contributed by atoms with Crippen LogP contribution in [0.4, 0.5) is 5.69 Å². The zero-order valence-corrected chi connectivity index (χ0v) is 14.1. The lowest BCUT2D eigenvalue weighted by atomic mass is 9.94. The lowest BCUT2D eigenvalue weighted by Crippen LogP contribution is -2.34. The molecule has 1 aliphatic heterocycles. The van der Waals surface area contributed by atoms with E-state index in [1.807, 2.05) is 24.0 Å². The quantitative estimate of drug-likeness (QED) is 0.842. The second-order valence-corrected chi connectivity index (χ2v) is 6.74. The zero-order chi connectivity index (χ0) is 15.4. The fourth-order valence-corrected chi connectivity index (χ4v) is 3.78. The summed E-state index contributed by atoms with van der Waals surface area (Å²) in [7, 11) is 1.65. The first kappa shape index (κ1) is 15.4. The molecule has 0 atom stereocenters. The molecular weight excluding hydrogens is 294 g/mol. The van der Waals surface area contributed by atoms with Crippen molar-refractivity contribution in [2.45, 2.75) is 19.3 Å². The molecule has 0 unspecified atom stereocenters. The van der Waals surface area contributed by atoms with Crippen molar-refractivity contribution in [2.24, 2.45) is 5.92 Å². The third kappa shape index (κ3) is 3.14. The largest absolute Gasteiger partial charge is 0.479 e. The van der Waals surface area contributed by atoms with Gasteiger partial charge in [0.25, 0.3) is 0 Å². The second-order valence-electron chi connectivity index (χ2n) is 5.76. The summed E-state index contributed by atoms with van der Waals surface area (Å²) in [5.41, 5.74) is 2.11. The Balaban J connectivity index is 1.80. The van der Waals surface area contributed by atoms with Crippen molar-refractivity contribution >= 4 is 28.4 Å². The topological polar surface area (TPSA) is 38.2 Å². The highest BCUT2D eigenvalue weighted by molar-refractivity contribution is 7.98. The number of hydrogen-bond donors (Lipinski definition) is 0. The first-order valence-corrected chi connectivity index (χ1v) is 9.24. The van der Waals surface area contributed by atoms with E-state index in [1.165, 1.54) is 30.7 Å². The van der Waals surface area contributed by atoms with Crippen LogP contribution in [0.2, 0.25) is 0 Å². The van der Waals surface area contributed by atoms with Gasteiger partial charge in [0.15, 0.2) is 0 Å². The Morgan fingerprint density at radius 2 is 2.00 bits per heavy atom. The minimum absolute atomic E-state index is 0.606. The van der Waals surface area contributed by atoms with Crippen LogP contribution in [-0.2, 0) is 0 Å². The highest BCUT2D eigenvalue weighted by Gasteiger charge is 2.21. The Labute approximate surface area is 136 Å². The Morgan fingerprint density at radius 1 is 1.23 bits per heavy atom. The number of hydrogen-bond acceptors (Lipinski definition) is 5. The summed E-state index contributed by atoms with van der Waals surface area (Å²) in [6.07, 6.45) is 9.78. The molecule has 118 valence electrons. The molecule has 3 heterocycles. The molecule has 0 aromatic carbocycles. The Kier molecular flexibility index (Phi) is 5.03. The fourth-order valence-electron chi connectivity index (χ4n) is 3.21. The Hall–Kier alpha value is -1.49. The van der Waals surface area contributed by atoms with Crippen molar-refractivity contribution in [3.05, 3.63) is 24.5 Å². The number of rotatable bonds is 5. The third-order valence-corrected chi connectivity index (χ3v) is 5.13. The van der Waals surface area contributed by atoms with Crippen LogP contribution in [0.1, 0.15) is 19.3 Å². The molecule has 0 saturated carbocycles. The van der Waals surface area contributed by atoms with E-state index in [0.29, 0.717) is 5.88 Å². The summed E-state index contributed by atoms with van der Waals surface area (Å²) < 4.78 is 5.34. The van der Waals surface area contributed by atoms with E-state index in [2.05, 4.69) is 27.2 Å². The van der Waals surface area contributed by atoms with Crippen LogP contribution in [-0.4, -0.2) is 42.2 Å². The average molecular weight is 317 g/mol. The molecule has 0 amide bonds. The second kappa shape index (κ2) is 7.18. The van der Waals surface area contributed by atoms with E-state index in [4.69, 9.17) is 4.74 Å². The molecule has 4 nitrogen and oxygen atoms in total. The van der Waals surface area contributed by atoms with Crippen LogP contribution in [0.5, 0.6) is 5.88 Å². The molecule has 0 bridgehead atoms. The SMILES string of the molecule is COc1nccc2c(N3CCC(CCSC)CC3)ccnc12. The van der Waals surface area contributed by atoms with Gasteiger partial charge in [0.1, 0.15) is 5.52 Å². The monoisotopic (exact) mass is 317 g/mol. The molecule has 5 heteroatoms. The van der Waals surface area contributed by atoms with E-state index < -0.39 is 0 Å². The van der Waals surface area contributed by atoms with Gasteiger partial charge < -0.3 is 9.64 Å². The number of aromatic nitrogens is 2. The summed E-state index contributed by atoms with van der Waals surface area (Å²) in [5.74, 6) is 2.77. The number of ether oxygens (including phenoxy) is 1. The molecule has 0 spiro atoms. The minimum atomic E-state index is 0.606. The van der Waals surface area contributed by atoms with Gasteiger partial charge in [-0.1, -0.05) is 0 Å². The van der Waals surface area contributed by atoms with Gasteiger partial charge in [0, 0.05) is 36.6 Å². The summed E-state index contributed by atoms with van der Waals surface area (Å²) >= 11 is 1.96. The molecular formula is C17H23N3OS. The average Bonchev–Trinajstić information content (AvgIpc) is 2.59. The number of nitrogens with zero attached hydrogens (tertiary/aromatic N) is 3. The standard InChI is InChI=1S/C17H23N3OS/c1-21-17-16-14(3-8-19-17)15(4-9-18-16)20-10-5-13(6-11-20)7-12-22-2/h3-4,8-9,13H,5-7,10-12H2,1-2H3. The highest BCUT2D eigenvalue weighted by atomic mass is 32.2.